The van der Waals surface area contributed by atoms with Crippen molar-refractivity contribution >= 4 is 10.8 Å². The molecule has 8 aromatic carbocycles. The van der Waals surface area contributed by atoms with Crippen molar-refractivity contribution in [2.24, 2.45) is 0 Å². The monoisotopic (exact) mass is 714 g/mol. The Morgan fingerprint density at radius 3 is 1.70 bits per heavy atom. The van der Waals surface area contributed by atoms with E-state index in [9.17, 15) is 5.26 Å². The average Bonchev–Trinajstić information content (AvgIpc) is 3.60. The average molecular weight is 715 g/mol. The van der Waals surface area contributed by atoms with Gasteiger partial charge in [0.15, 0.2) is 17.5 Å². The van der Waals surface area contributed by atoms with E-state index >= 15 is 0 Å². The maximum Gasteiger partial charge on any atom is 0.164 e. The fourth-order valence-corrected chi connectivity index (χ4v) is 8.80. The molecule has 0 fully saturated rings. The summed E-state index contributed by atoms with van der Waals surface area (Å²) >= 11 is 0. The van der Waals surface area contributed by atoms with E-state index in [1.807, 2.05) is 36.4 Å². The Morgan fingerprint density at radius 2 is 0.982 bits per heavy atom. The van der Waals surface area contributed by atoms with Crippen molar-refractivity contribution in [3.8, 4) is 74.0 Å². The zero-order valence-corrected chi connectivity index (χ0v) is 30.0. The number of para-hydroxylation sites is 1. The van der Waals surface area contributed by atoms with Gasteiger partial charge >= 0.3 is 0 Å². The number of benzene rings is 8. The molecule has 0 N–H and O–H groups in total. The van der Waals surface area contributed by atoms with Crippen LogP contribution in [0.25, 0.3) is 67.2 Å². The Hall–Kier alpha value is -7.68. The van der Waals surface area contributed by atoms with Crippen molar-refractivity contribution in [1.82, 2.24) is 15.0 Å². The normalized spacial score (nSPS) is 12.9. The molecule has 1 aliphatic heterocycles. The minimum Gasteiger partial charge on any atom is -0.457 e. The summed E-state index contributed by atoms with van der Waals surface area (Å²) in [6, 6.07) is 64.9. The molecule has 0 amide bonds. The summed E-state index contributed by atoms with van der Waals surface area (Å²) in [6.45, 7) is 0. The predicted octanol–water partition coefficient (Wildman–Crippen LogP) is 12.0. The first-order valence-corrected chi connectivity index (χ1v) is 18.7. The molecular weight excluding hydrogens is 685 g/mol. The zero-order valence-electron chi connectivity index (χ0n) is 30.0. The van der Waals surface area contributed by atoms with Crippen molar-refractivity contribution in [3.63, 3.8) is 0 Å². The van der Waals surface area contributed by atoms with Gasteiger partial charge in [-0.25, -0.2) is 15.0 Å². The molecule has 5 nitrogen and oxygen atoms in total. The van der Waals surface area contributed by atoms with Gasteiger partial charge in [-0.3, -0.25) is 0 Å². The topological polar surface area (TPSA) is 71.7 Å². The van der Waals surface area contributed by atoms with E-state index in [2.05, 4.69) is 140 Å². The minimum absolute atomic E-state index is 0.526. The van der Waals surface area contributed by atoms with Crippen molar-refractivity contribution in [3.05, 3.63) is 210 Å². The van der Waals surface area contributed by atoms with Gasteiger partial charge in [-0.15, -0.1) is 0 Å². The molecule has 1 aromatic heterocycles. The number of rotatable bonds is 5. The van der Waals surface area contributed by atoms with E-state index in [4.69, 9.17) is 19.7 Å². The molecule has 0 radical (unpaired) electrons. The van der Waals surface area contributed by atoms with Gasteiger partial charge in [-0.05, 0) is 98.8 Å². The first-order valence-electron chi connectivity index (χ1n) is 18.7. The van der Waals surface area contributed by atoms with Crippen LogP contribution in [0.3, 0.4) is 0 Å². The summed E-state index contributed by atoms with van der Waals surface area (Å²) in [4.78, 5) is 15.6. The van der Waals surface area contributed by atoms with Crippen LogP contribution in [0, 0.1) is 11.3 Å². The van der Waals surface area contributed by atoms with Gasteiger partial charge in [0.25, 0.3) is 0 Å². The number of nitrogens with zero attached hydrogens (tertiary/aromatic N) is 4. The summed E-state index contributed by atoms with van der Waals surface area (Å²) in [6.07, 6.45) is 0. The fourth-order valence-electron chi connectivity index (χ4n) is 8.80. The summed E-state index contributed by atoms with van der Waals surface area (Å²) in [7, 11) is 0. The van der Waals surface area contributed by atoms with Crippen LogP contribution >= 0.6 is 0 Å². The van der Waals surface area contributed by atoms with Crippen LogP contribution in [0.2, 0.25) is 0 Å². The molecule has 0 atom stereocenters. The van der Waals surface area contributed by atoms with E-state index in [1.54, 1.807) is 12.1 Å². The third-order valence-corrected chi connectivity index (χ3v) is 11.3. The fraction of sp³-hybridized carbons (Fsp3) is 0.0196. The molecule has 9 aromatic rings. The summed E-state index contributed by atoms with van der Waals surface area (Å²) < 4.78 is 6.70. The number of fused-ring (bicyclic) bond motifs is 5. The molecule has 0 unspecified atom stereocenters. The van der Waals surface area contributed by atoms with E-state index in [-0.39, 0.29) is 0 Å². The van der Waals surface area contributed by atoms with Crippen LogP contribution in [-0.2, 0) is 5.41 Å². The second-order valence-corrected chi connectivity index (χ2v) is 14.2. The van der Waals surface area contributed by atoms with Gasteiger partial charge in [0.2, 0.25) is 0 Å². The molecule has 56 heavy (non-hydrogen) atoms. The van der Waals surface area contributed by atoms with Crippen molar-refractivity contribution in [1.29, 1.82) is 5.26 Å². The lowest BCUT2D eigenvalue weighted by Gasteiger charge is -2.41. The van der Waals surface area contributed by atoms with Gasteiger partial charge in [0, 0.05) is 27.8 Å². The molecule has 1 aliphatic carbocycles. The van der Waals surface area contributed by atoms with Crippen molar-refractivity contribution < 1.29 is 4.74 Å². The van der Waals surface area contributed by atoms with Crippen LogP contribution in [0.1, 0.15) is 27.8 Å². The highest BCUT2D eigenvalue weighted by atomic mass is 16.5. The lowest BCUT2D eigenvalue weighted by atomic mass is 9.63. The molecule has 260 valence electrons. The summed E-state index contributed by atoms with van der Waals surface area (Å²) in [5.41, 5.74) is 11.6. The highest BCUT2D eigenvalue weighted by molar-refractivity contribution is 6.18. The third kappa shape index (κ3) is 4.70. The second kappa shape index (κ2) is 12.4. The molecule has 0 bridgehead atoms. The standard InChI is InChI=1S/C51H30N4O/c52-31-32-22-24-33(25-23-32)48-53-49(55-50(54-48)42-28-27-41-38-17-8-7-16-37(38)39-18-11-19-40(42)47(39)41)34-26-29-46-44(30-34)51(35-12-3-1-4-13-35,36-14-5-2-6-15-36)43-20-9-10-21-45(43)56-46/h1-30H. The van der Waals surface area contributed by atoms with Gasteiger partial charge in [-0.2, -0.15) is 5.26 Å². The molecule has 2 heterocycles. The molecule has 0 spiro atoms. The van der Waals surface area contributed by atoms with Crippen LogP contribution < -0.4 is 4.74 Å². The maximum atomic E-state index is 9.56. The largest absolute Gasteiger partial charge is 0.457 e. The smallest absolute Gasteiger partial charge is 0.164 e. The Kier molecular flexibility index (Phi) is 7.07. The number of hydrogen-bond acceptors (Lipinski definition) is 5. The van der Waals surface area contributed by atoms with Gasteiger partial charge < -0.3 is 4.74 Å². The Balaban J connectivity index is 1.16. The van der Waals surface area contributed by atoms with Crippen LogP contribution in [0.4, 0.5) is 0 Å². The molecule has 5 heteroatoms. The maximum absolute atomic E-state index is 9.56. The second-order valence-electron chi connectivity index (χ2n) is 14.2. The third-order valence-electron chi connectivity index (χ3n) is 11.3. The van der Waals surface area contributed by atoms with Crippen molar-refractivity contribution in [2.45, 2.75) is 5.41 Å². The highest BCUT2D eigenvalue weighted by Gasteiger charge is 2.45. The molecule has 11 rings (SSSR count). The summed E-state index contributed by atoms with van der Waals surface area (Å²) in [5.74, 6) is 3.23. The highest BCUT2D eigenvalue weighted by Crippen LogP contribution is 2.56. The molecule has 2 aliphatic rings. The predicted molar refractivity (Wildman–Crippen MR) is 221 cm³/mol. The van der Waals surface area contributed by atoms with Gasteiger partial charge in [0.1, 0.15) is 11.5 Å². The SMILES string of the molecule is N#Cc1ccc(-c2nc(-c3ccc4c(c3)C(c3ccccc3)(c3ccccc3)c3ccccc3O4)nc(-c3ccc4c5c(cccc35)-c3ccccc3-4)n2)cc1. The van der Waals surface area contributed by atoms with Crippen molar-refractivity contribution in [2.75, 3.05) is 0 Å². The number of aromatic nitrogens is 3. The van der Waals surface area contributed by atoms with E-state index in [0.717, 1.165) is 55.8 Å². The van der Waals surface area contributed by atoms with E-state index < -0.39 is 5.41 Å². The zero-order chi connectivity index (χ0) is 37.2. The first-order chi connectivity index (χ1) is 27.7. The lowest BCUT2D eigenvalue weighted by molar-refractivity contribution is 0.434. The van der Waals surface area contributed by atoms with E-state index in [0.29, 0.717) is 23.0 Å². The molecule has 0 saturated carbocycles. The summed E-state index contributed by atoms with van der Waals surface area (Å²) in [5, 5.41) is 11.9. The Labute approximate surface area is 323 Å². The van der Waals surface area contributed by atoms with E-state index in [1.165, 1.54) is 27.6 Å². The van der Waals surface area contributed by atoms with Gasteiger partial charge in [0.05, 0.1) is 17.0 Å². The number of hydrogen-bond donors (Lipinski definition) is 0. The van der Waals surface area contributed by atoms with Gasteiger partial charge in [-0.1, -0.05) is 127 Å². The van der Waals surface area contributed by atoms with Crippen LogP contribution in [0.5, 0.6) is 11.5 Å². The van der Waals surface area contributed by atoms with Crippen LogP contribution in [-0.4, -0.2) is 15.0 Å². The quantitative estimate of drug-likeness (QED) is 0.177. The molecule has 0 saturated heterocycles. The minimum atomic E-state index is -0.693. The Morgan fingerprint density at radius 1 is 0.429 bits per heavy atom. The molecular formula is C51H30N4O. The Bertz CT molecular complexity index is 2990. The first kappa shape index (κ1) is 31.8. The number of ether oxygens (including phenoxy) is 1. The number of nitriles is 1. The lowest BCUT2D eigenvalue weighted by Crippen LogP contribution is -2.34. The van der Waals surface area contributed by atoms with Crippen LogP contribution in [0.15, 0.2) is 182 Å².